The highest BCUT2D eigenvalue weighted by atomic mass is 35.5. The van der Waals surface area contributed by atoms with E-state index in [1.165, 1.54) is 12.3 Å². The molecule has 0 aliphatic rings. The summed E-state index contributed by atoms with van der Waals surface area (Å²) in [6.07, 6.45) is 2.34. The Morgan fingerprint density at radius 1 is 1.39 bits per heavy atom. The molecule has 0 N–H and O–H groups in total. The Hall–Kier alpha value is -0.800. The lowest BCUT2D eigenvalue weighted by atomic mass is 10.0. The summed E-state index contributed by atoms with van der Waals surface area (Å²) >= 11 is 11.8. The summed E-state index contributed by atoms with van der Waals surface area (Å²) in [5, 5.41) is 0.598. The number of rotatable bonds is 4. The summed E-state index contributed by atoms with van der Waals surface area (Å²) in [6.45, 7) is 6.28. The van der Waals surface area contributed by atoms with Crippen LogP contribution in [-0.2, 0) is 0 Å². The molecule has 0 saturated heterocycles. The fourth-order valence-electron chi connectivity index (χ4n) is 1.81. The van der Waals surface area contributed by atoms with E-state index < -0.39 is 0 Å². The molecule has 0 fully saturated rings. The van der Waals surface area contributed by atoms with Crippen LogP contribution in [0.2, 0.25) is 10.2 Å². The summed E-state index contributed by atoms with van der Waals surface area (Å²) in [6, 6.07) is 1.66. The van der Waals surface area contributed by atoms with Gasteiger partial charge in [0, 0.05) is 19.3 Å². The minimum atomic E-state index is -0.127. The van der Waals surface area contributed by atoms with Crippen LogP contribution in [0.1, 0.15) is 37.6 Å². The molecule has 5 heteroatoms. The molecule has 1 aromatic heterocycles. The molecule has 0 saturated carbocycles. The Morgan fingerprint density at radius 3 is 2.56 bits per heavy atom. The minimum absolute atomic E-state index is 0.127. The van der Waals surface area contributed by atoms with Gasteiger partial charge in [0.25, 0.3) is 5.91 Å². The summed E-state index contributed by atoms with van der Waals surface area (Å²) < 4.78 is 0. The predicted molar refractivity (Wildman–Crippen MR) is 75.3 cm³/mol. The molecule has 0 aliphatic heterocycles. The molecular formula is C13H18Cl2N2O. The molecule has 0 aromatic carbocycles. The molecule has 1 unspecified atom stereocenters. The van der Waals surface area contributed by atoms with Gasteiger partial charge in [-0.2, -0.15) is 0 Å². The topological polar surface area (TPSA) is 33.2 Å². The highest BCUT2D eigenvalue weighted by Crippen LogP contribution is 2.21. The van der Waals surface area contributed by atoms with Crippen molar-refractivity contribution in [2.45, 2.75) is 33.2 Å². The highest BCUT2D eigenvalue weighted by Gasteiger charge is 2.20. The van der Waals surface area contributed by atoms with Crippen LogP contribution in [0.5, 0.6) is 0 Å². The lowest BCUT2D eigenvalue weighted by Gasteiger charge is -2.26. The molecule has 0 aliphatic carbocycles. The highest BCUT2D eigenvalue weighted by molar-refractivity contribution is 6.35. The minimum Gasteiger partial charge on any atom is -0.339 e. The second-order valence-electron chi connectivity index (χ2n) is 4.88. The van der Waals surface area contributed by atoms with Gasteiger partial charge in [-0.1, -0.05) is 37.0 Å². The third-order valence-corrected chi connectivity index (χ3v) is 3.35. The zero-order chi connectivity index (χ0) is 13.9. The number of hydrogen-bond acceptors (Lipinski definition) is 2. The van der Waals surface area contributed by atoms with Crippen molar-refractivity contribution in [2.24, 2.45) is 5.92 Å². The molecule has 1 atom stereocenters. The number of amides is 1. The third-order valence-electron chi connectivity index (χ3n) is 2.85. The van der Waals surface area contributed by atoms with Crippen molar-refractivity contribution in [3.8, 4) is 0 Å². The van der Waals surface area contributed by atoms with Crippen LogP contribution in [0.4, 0.5) is 0 Å². The van der Waals surface area contributed by atoms with Gasteiger partial charge in [-0.15, -0.1) is 0 Å². The normalized spacial score (nSPS) is 12.6. The molecule has 1 aromatic rings. The van der Waals surface area contributed by atoms with E-state index in [1.807, 2.05) is 6.92 Å². The zero-order valence-corrected chi connectivity index (χ0v) is 12.6. The monoisotopic (exact) mass is 288 g/mol. The first kappa shape index (κ1) is 15.3. The molecule has 1 heterocycles. The lowest BCUT2D eigenvalue weighted by Crippen LogP contribution is -2.36. The number of halogens is 2. The van der Waals surface area contributed by atoms with Gasteiger partial charge in [0.05, 0.1) is 10.6 Å². The third kappa shape index (κ3) is 3.85. The van der Waals surface area contributed by atoms with Crippen LogP contribution in [0.25, 0.3) is 0 Å². The first-order valence-corrected chi connectivity index (χ1v) is 6.66. The van der Waals surface area contributed by atoms with E-state index in [1.54, 1.807) is 11.9 Å². The molecule has 100 valence electrons. The van der Waals surface area contributed by atoms with E-state index >= 15 is 0 Å². The Labute approximate surface area is 118 Å². The van der Waals surface area contributed by atoms with E-state index in [9.17, 15) is 4.79 Å². The molecule has 0 radical (unpaired) electrons. The van der Waals surface area contributed by atoms with E-state index in [0.717, 1.165) is 6.42 Å². The van der Waals surface area contributed by atoms with Crippen LogP contribution in [-0.4, -0.2) is 28.9 Å². The number of nitrogens with zero attached hydrogens (tertiary/aromatic N) is 2. The van der Waals surface area contributed by atoms with E-state index in [4.69, 9.17) is 23.2 Å². The van der Waals surface area contributed by atoms with Crippen molar-refractivity contribution in [1.82, 2.24) is 9.88 Å². The maximum atomic E-state index is 12.3. The van der Waals surface area contributed by atoms with Crippen molar-refractivity contribution in [2.75, 3.05) is 7.05 Å². The summed E-state index contributed by atoms with van der Waals surface area (Å²) in [5.74, 6) is 0.407. The maximum absolute atomic E-state index is 12.3. The number of carbonyl (C=O) groups is 1. The lowest BCUT2D eigenvalue weighted by molar-refractivity contribution is 0.0728. The van der Waals surface area contributed by atoms with Crippen molar-refractivity contribution < 1.29 is 4.79 Å². The van der Waals surface area contributed by atoms with Crippen molar-refractivity contribution in [3.05, 3.63) is 28.0 Å². The summed E-state index contributed by atoms with van der Waals surface area (Å²) in [7, 11) is 1.78. The molecule has 0 spiro atoms. The van der Waals surface area contributed by atoms with Gasteiger partial charge < -0.3 is 4.90 Å². The van der Waals surface area contributed by atoms with Gasteiger partial charge in [-0.05, 0) is 25.3 Å². The van der Waals surface area contributed by atoms with Crippen molar-refractivity contribution in [3.63, 3.8) is 0 Å². The summed E-state index contributed by atoms with van der Waals surface area (Å²) in [4.78, 5) is 17.8. The van der Waals surface area contributed by atoms with Gasteiger partial charge in [0.15, 0.2) is 0 Å². The number of pyridine rings is 1. The van der Waals surface area contributed by atoms with E-state index in [-0.39, 0.29) is 17.1 Å². The van der Waals surface area contributed by atoms with Crippen LogP contribution < -0.4 is 0 Å². The number of aromatic nitrogens is 1. The SMILES string of the molecule is CC(C)CC(C)N(C)C(=O)c1cc(Cl)ncc1Cl. The maximum Gasteiger partial charge on any atom is 0.255 e. The predicted octanol–water partition coefficient (Wildman–Crippen LogP) is 3.90. The van der Waals surface area contributed by atoms with Gasteiger partial charge in [0.2, 0.25) is 0 Å². The van der Waals surface area contributed by atoms with Crippen molar-refractivity contribution in [1.29, 1.82) is 0 Å². The molecule has 0 bridgehead atoms. The number of hydrogen-bond donors (Lipinski definition) is 0. The Morgan fingerprint density at radius 2 is 2.00 bits per heavy atom. The standard InChI is InChI=1S/C13H18Cl2N2O/c1-8(2)5-9(3)17(4)13(18)10-6-12(15)16-7-11(10)14/h6-9H,5H2,1-4H3. The Balaban J connectivity index is 2.89. The van der Waals surface area contributed by atoms with Crippen molar-refractivity contribution >= 4 is 29.1 Å². The largest absolute Gasteiger partial charge is 0.339 e. The van der Waals surface area contributed by atoms with Gasteiger partial charge in [0.1, 0.15) is 5.15 Å². The fourth-order valence-corrected chi connectivity index (χ4v) is 2.15. The Kier molecular flexibility index (Phi) is 5.42. The van der Waals surface area contributed by atoms with Gasteiger partial charge in [-0.25, -0.2) is 4.98 Å². The first-order valence-electron chi connectivity index (χ1n) is 5.91. The molecule has 18 heavy (non-hydrogen) atoms. The molecular weight excluding hydrogens is 271 g/mol. The van der Waals surface area contributed by atoms with Gasteiger partial charge >= 0.3 is 0 Å². The number of carbonyl (C=O) groups excluding carboxylic acids is 1. The second-order valence-corrected chi connectivity index (χ2v) is 5.68. The molecule has 1 amide bonds. The molecule has 3 nitrogen and oxygen atoms in total. The average molecular weight is 289 g/mol. The Bertz CT molecular complexity index is 435. The summed E-state index contributed by atoms with van der Waals surface area (Å²) in [5.41, 5.74) is 0.398. The van der Waals surface area contributed by atoms with E-state index in [2.05, 4.69) is 18.8 Å². The van der Waals surface area contributed by atoms with Crippen LogP contribution in [0.3, 0.4) is 0 Å². The van der Waals surface area contributed by atoms with Gasteiger partial charge in [-0.3, -0.25) is 4.79 Å². The second kappa shape index (κ2) is 6.39. The average Bonchev–Trinajstić information content (AvgIpc) is 2.29. The van der Waals surface area contributed by atoms with Crippen LogP contribution >= 0.6 is 23.2 Å². The molecule has 1 rings (SSSR count). The van der Waals surface area contributed by atoms with E-state index in [0.29, 0.717) is 16.5 Å². The fraction of sp³-hybridized carbons (Fsp3) is 0.538. The quantitative estimate of drug-likeness (QED) is 0.788. The van der Waals surface area contributed by atoms with Crippen LogP contribution in [0, 0.1) is 5.92 Å². The van der Waals surface area contributed by atoms with Crippen LogP contribution in [0.15, 0.2) is 12.3 Å². The smallest absolute Gasteiger partial charge is 0.255 e. The first-order chi connectivity index (χ1) is 8.32. The zero-order valence-electron chi connectivity index (χ0n) is 11.1.